The van der Waals surface area contributed by atoms with Crippen LogP contribution in [0.4, 0.5) is 11.4 Å². The number of carbonyl (C=O) groups excluding carboxylic acids is 1. The second kappa shape index (κ2) is 11.9. The van der Waals surface area contributed by atoms with Crippen molar-refractivity contribution in [2.75, 3.05) is 10.8 Å². The fraction of sp³-hybridized carbons (Fsp3) is 0.111. The normalized spacial score (nSPS) is 11.5. The molecule has 0 aliphatic carbocycles. The number of benzene rings is 3. The highest BCUT2D eigenvalue weighted by Gasteiger charge is 2.28. The zero-order valence-electron chi connectivity index (χ0n) is 21.3. The number of nitro benzene ring substituents is 1. The van der Waals surface area contributed by atoms with E-state index in [0.29, 0.717) is 21.3 Å². The molecule has 4 aromatic rings. The summed E-state index contributed by atoms with van der Waals surface area (Å²) in [5.74, 6) is -0.756. The molecule has 0 bridgehead atoms. The average Bonchev–Trinajstić information content (AvgIpc) is 3.21. The van der Waals surface area contributed by atoms with Gasteiger partial charge in [-0.15, -0.1) is 0 Å². The first-order valence-electron chi connectivity index (χ1n) is 11.8. The van der Waals surface area contributed by atoms with Crippen molar-refractivity contribution in [2.45, 2.75) is 18.7 Å². The maximum absolute atomic E-state index is 13.4. The lowest BCUT2D eigenvalue weighted by Crippen LogP contribution is -2.39. The standard InChI is InChI=1S/C27H23Cl2N5O5S/c1-18-14-20(19(2)33(18)25-13-7-12-24(28)27(25)29)16-30-31-26(35)17-32(21-8-6-9-22(15-21)34(36)37)40(38,39)23-10-4-3-5-11-23/h3-16H,17H2,1-2H3,(H,31,35)/b30-16-. The highest BCUT2D eigenvalue weighted by atomic mass is 35.5. The first-order chi connectivity index (χ1) is 19.0. The fourth-order valence-electron chi connectivity index (χ4n) is 4.09. The van der Waals surface area contributed by atoms with Gasteiger partial charge in [-0.1, -0.05) is 53.5 Å². The Morgan fingerprint density at radius 3 is 2.45 bits per heavy atom. The van der Waals surface area contributed by atoms with Gasteiger partial charge in [-0.05, 0) is 50.2 Å². The van der Waals surface area contributed by atoms with Gasteiger partial charge >= 0.3 is 0 Å². The minimum atomic E-state index is -4.24. The predicted molar refractivity (Wildman–Crippen MR) is 155 cm³/mol. The number of aromatic nitrogens is 1. The molecule has 4 rings (SSSR count). The molecule has 0 radical (unpaired) electrons. The number of rotatable bonds is 9. The summed E-state index contributed by atoms with van der Waals surface area (Å²) in [6.45, 7) is 3.06. The highest BCUT2D eigenvalue weighted by molar-refractivity contribution is 7.92. The number of carbonyl (C=O) groups is 1. The Labute approximate surface area is 240 Å². The summed E-state index contributed by atoms with van der Waals surface area (Å²) < 4.78 is 29.6. The molecule has 1 heterocycles. The molecule has 0 spiro atoms. The van der Waals surface area contributed by atoms with Crippen LogP contribution in [0.5, 0.6) is 0 Å². The Morgan fingerprint density at radius 2 is 1.75 bits per heavy atom. The van der Waals surface area contributed by atoms with Crippen molar-refractivity contribution in [3.63, 3.8) is 0 Å². The number of nitrogens with zero attached hydrogens (tertiary/aromatic N) is 4. The second-order valence-corrected chi connectivity index (χ2v) is 11.3. The molecule has 0 aliphatic heterocycles. The number of anilines is 1. The van der Waals surface area contributed by atoms with E-state index < -0.39 is 27.4 Å². The van der Waals surface area contributed by atoms with Crippen LogP contribution < -0.4 is 9.73 Å². The third kappa shape index (κ3) is 6.01. The third-order valence-electron chi connectivity index (χ3n) is 5.98. The summed E-state index contributed by atoms with van der Waals surface area (Å²) in [6.07, 6.45) is 1.43. The van der Waals surface area contributed by atoms with E-state index in [1.165, 1.54) is 48.7 Å². The van der Waals surface area contributed by atoms with Gasteiger partial charge in [0.25, 0.3) is 21.6 Å². The third-order valence-corrected chi connectivity index (χ3v) is 8.58. The van der Waals surface area contributed by atoms with E-state index >= 15 is 0 Å². The number of amides is 1. The van der Waals surface area contributed by atoms with Gasteiger partial charge in [0.2, 0.25) is 0 Å². The number of sulfonamides is 1. The fourth-order valence-corrected chi connectivity index (χ4v) is 5.90. The van der Waals surface area contributed by atoms with Crippen molar-refractivity contribution in [2.24, 2.45) is 5.10 Å². The number of aryl methyl sites for hydroxylation is 1. The Kier molecular flexibility index (Phi) is 8.58. The van der Waals surface area contributed by atoms with Crippen LogP contribution in [0.1, 0.15) is 17.0 Å². The first-order valence-corrected chi connectivity index (χ1v) is 14.0. The molecule has 13 heteroatoms. The summed E-state index contributed by atoms with van der Waals surface area (Å²) in [4.78, 5) is 23.4. The van der Waals surface area contributed by atoms with Crippen LogP contribution in [0.15, 0.2) is 88.9 Å². The Balaban J connectivity index is 1.59. The van der Waals surface area contributed by atoms with E-state index in [9.17, 15) is 23.3 Å². The van der Waals surface area contributed by atoms with Gasteiger partial charge in [-0.2, -0.15) is 5.10 Å². The maximum Gasteiger partial charge on any atom is 0.271 e. The SMILES string of the molecule is Cc1cc(/C=N\NC(=O)CN(c2cccc([N+](=O)[O-])c2)S(=O)(=O)c2ccccc2)c(C)n1-c1cccc(Cl)c1Cl. The van der Waals surface area contributed by atoms with E-state index in [-0.39, 0.29) is 16.3 Å². The molecular weight excluding hydrogens is 577 g/mol. The van der Waals surface area contributed by atoms with Crippen molar-refractivity contribution >= 4 is 56.7 Å². The number of halogens is 2. The maximum atomic E-state index is 13.4. The van der Waals surface area contributed by atoms with Crippen LogP contribution >= 0.6 is 23.2 Å². The van der Waals surface area contributed by atoms with Gasteiger partial charge in [-0.3, -0.25) is 19.2 Å². The summed E-state index contributed by atoms with van der Waals surface area (Å²) in [6, 6.07) is 19.7. The van der Waals surface area contributed by atoms with Crippen LogP contribution in [-0.4, -0.2) is 36.6 Å². The van der Waals surface area contributed by atoms with Crippen molar-refractivity contribution in [3.8, 4) is 5.69 Å². The molecule has 0 aliphatic rings. The molecule has 0 fully saturated rings. The number of nitrogens with one attached hydrogen (secondary N) is 1. The van der Waals surface area contributed by atoms with E-state index in [4.69, 9.17) is 23.2 Å². The van der Waals surface area contributed by atoms with E-state index in [2.05, 4.69) is 10.5 Å². The van der Waals surface area contributed by atoms with E-state index in [1.807, 2.05) is 30.5 Å². The molecule has 1 aromatic heterocycles. The lowest BCUT2D eigenvalue weighted by molar-refractivity contribution is -0.384. The summed E-state index contributed by atoms with van der Waals surface area (Å²) in [7, 11) is -4.24. The van der Waals surface area contributed by atoms with Gasteiger partial charge < -0.3 is 4.57 Å². The zero-order chi connectivity index (χ0) is 29.0. The number of hydrogen-bond donors (Lipinski definition) is 1. The van der Waals surface area contributed by atoms with Gasteiger partial charge in [0.05, 0.1) is 37.5 Å². The predicted octanol–water partition coefficient (Wildman–Crippen LogP) is 5.65. The Hall–Kier alpha value is -4.19. The van der Waals surface area contributed by atoms with E-state index in [0.717, 1.165) is 21.8 Å². The second-order valence-electron chi connectivity index (χ2n) is 8.63. The van der Waals surface area contributed by atoms with Crippen LogP contribution in [0, 0.1) is 24.0 Å². The zero-order valence-corrected chi connectivity index (χ0v) is 23.6. The molecule has 0 unspecified atom stereocenters. The molecule has 1 N–H and O–H groups in total. The number of hydrazone groups is 1. The minimum Gasteiger partial charge on any atom is -0.316 e. The molecule has 206 valence electrons. The molecule has 3 aromatic carbocycles. The number of nitro groups is 1. The molecule has 10 nitrogen and oxygen atoms in total. The van der Waals surface area contributed by atoms with Crippen molar-refractivity contribution in [1.29, 1.82) is 0 Å². The average molecular weight is 600 g/mol. The molecule has 40 heavy (non-hydrogen) atoms. The van der Waals surface area contributed by atoms with Crippen LogP contribution in [0.3, 0.4) is 0 Å². The Bertz CT molecular complexity index is 1720. The van der Waals surface area contributed by atoms with Gasteiger partial charge in [0, 0.05) is 29.1 Å². The molecule has 1 amide bonds. The smallest absolute Gasteiger partial charge is 0.271 e. The monoisotopic (exact) mass is 599 g/mol. The molecular formula is C27H23Cl2N5O5S. The van der Waals surface area contributed by atoms with Crippen molar-refractivity contribution < 1.29 is 18.1 Å². The molecule has 0 saturated heterocycles. The summed E-state index contributed by atoms with van der Waals surface area (Å²) in [5.41, 5.74) is 4.98. The lowest BCUT2D eigenvalue weighted by Gasteiger charge is -2.23. The van der Waals surface area contributed by atoms with Gasteiger partial charge in [-0.25, -0.2) is 13.8 Å². The lowest BCUT2D eigenvalue weighted by atomic mass is 10.2. The van der Waals surface area contributed by atoms with Crippen LogP contribution in [0.2, 0.25) is 10.0 Å². The molecule has 0 saturated carbocycles. The van der Waals surface area contributed by atoms with Gasteiger partial charge in [0.1, 0.15) is 6.54 Å². The van der Waals surface area contributed by atoms with Gasteiger partial charge in [0.15, 0.2) is 0 Å². The Morgan fingerprint density at radius 1 is 1.05 bits per heavy atom. The summed E-state index contributed by atoms with van der Waals surface area (Å²) in [5, 5.41) is 16.1. The summed E-state index contributed by atoms with van der Waals surface area (Å²) >= 11 is 12.6. The quantitative estimate of drug-likeness (QED) is 0.151. The van der Waals surface area contributed by atoms with Crippen LogP contribution in [-0.2, 0) is 14.8 Å². The van der Waals surface area contributed by atoms with E-state index in [1.54, 1.807) is 18.2 Å². The largest absolute Gasteiger partial charge is 0.316 e. The minimum absolute atomic E-state index is 0.0425. The number of non-ortho nitro benzene ring substituents is 1. The van der Waals surface area contributed by atoms with Crippen LogP contribution in [0.25, 0.3) is 5.69 Å². The number of hydrogen-bond acceptors (Lipinski definition) is 6. The van der Waals surface area contributed by atoms with Crippen molar-refractivity contribution in [3.05, 3.63) is 116 Å². The molecule has 0 atom stereocenters. The topological polar surface area (TPSA) is 127 Å². The highest BCUT2D eigenvalue weighted by Crippen LogP contribution is 2.31. The van der Waals surface area contributed by atoms with Crippen molar-refractivity contribution in [1.82, 2.24) is 9.99 Å². The first kappa shape index (κ1) is 28.8.